The van der Waals surface area contributed by atoms with Crippen LogP contribution in [-0.2, 0) is 0 Å². The molecule has 0 unspecified atom stereocenters. The van der Waals surface area contributed by atoms with Crippen molar-refractivity contribution in [2.75, 3.05) is 0 Å². The maximum atomic E-state index is 5.25. The van der Waals surface area contributed by atoms with Gasteiger partial charge in [-0.2, -0.15) is 0 Å². The van der Waals surface area contributed by atoms with E-state index in [9.17, 15) is 0 Å². The van der Waals surface area contributed by atoms with Crippen molar-refractivity contribution in [3.63, 3.8) is 0 Å². The van der Waals surface area contributed by atoms with Gasteiger partial charge in [0.05, 0.1) is 33.3 Å². The van der Waals surface area contributed by atoms with Crippen molar-refractivity contribution in [3.05, 3.63) is 188 Å². The normalized spacial score (nSPS) is 11.8. The molecular formula is C49H31N3. The van der Waals surface area contributed by atoms with E-state index in [1.807, 2.05) is 0 Å². The topological polar surface area (TPSA) is 22.8 Å². The van der Waals surface area contributed by atoms with Gasteiger partial charge in [-0.1, -0.05) is 140 Å². The summed E-state index contributed by atoms with van der Waals surface area (Å²) in [6.07, 6.45) is 0. The van der Waals surface area contributed by atoms with Crippen molar-refractivity contribution in [1.29, 1.82) is 0 Å². The van der Waals surface area contributed by atoms with E-state index in [2.05, 4.69) is 197 Å². The molecule has 0 aliphatic heterocycles. The lowest BCUT2D eigenvalue weighted by atomic mass is 9.97. The number of hydrogen-bond donors (Lipinski definition) is 0. The molecule has 0 radical (unpaired) electrons. The van der Waals surface area contributed by atoms with E-state index >= 15 is 0 Å². The molecular weight excluding hydrogens is 631 g/mol. The van der Waals surface area contributed by atoms with Gasteiger partial charge in [-0.15, -0.1) is 0 Å². The van der Waals surface area contributed by atoms with E-state index in [1.165, 1.54) is 60.1 Å². The summed E-state index contributed by atoms with van der Waals surface area (Å²) in [5.41, 5.74) is 12.5. The molecule has 0 saturated carbocycles. The second-order valence-corrected chi connectivity index (χ2v) is 13.6. The minimum Gasteiger partial charge on any atom is -0.309 e. The maximum Gasteiger partial charge on any atom is 0.0788 e. The molecule has 11 aromatic rings. The highest BCUT2D eigenvalue weighted by atomic mass is 15.0. The molecule has 0 amide bonds. The van der Waals surface area contributed by atoms with Gasteiger partial charge in [0.15, 0.2) is 0 Å². The lowest BCUT2D eigenvalue weighted by molar-refractivity contribution is 1.18. The van der Waals surface area contributed by atoms with Crippen LogP contribution in [0.5, 0.6) is 0 Å². The molecule has 0 atom stereocenters. The molecule has 0 saturated heterocycles. The van der Waals surface area contributed by atoms with Gasteiger partial charge in [-0.3, -0.25) is 0 Å². The summed E-state index contributed by atoms with van der Waals surface area (Å²) in [5.74, 6) is 0. The molecule has 0 bridgehead atoms. The van der Waals surface area contributed by atoms with Gasteiger partial charge >= 0.3 is 0 Å². The predicted octanol–water partition coefficient (Wildman–Crippen LogP) is 12.9. The third kappa shape index (κ3) is 4.23. The fourth-order valence-corrected chi connectivity index (χ4v) is 8.42. The average Bonchev–Trinajstić information content (AvgIpc) is 3.74. The largest absolute Gasteiger partial charge is 0.309 e. The summed E-state index contributed by atoms with van der Waals surface area (Å²) in [5, 5.41) is 8.53. The van der Waals surface area contributed by atoms with E-state index in [1.54, 1.807) is 0 Å². The summed E-state index contributed by atoms with van der Waals surface area (Å²) >= 11 is 0. The first-order valence-corrected chi connectivity index (χ1v) is 17.8. The predicted molar refractivity (Wildman–Crippen MR) is 219 cm³/mol. The number of pyridine rings is 1. The number of benzene rings is 8. The Morgan fingerprint density at radius 2 is 0.808 bits per heavy atom. The van der Waals surface area contributed by atoms with Crippen molar-refractivity contribution in [2.45, 2.75) is 0 Å². The van der Waals surface area contributed by atoms with Crippen LogP contribution in [0.25, 0.3) is 99.0 Å². The Bertz CT molecular complexity index is 3130. The molecule has 3 nitrogen and oxygen atoms in total. The molecule has 3 heterocycles. The number of nitrogens with zero attached hydrogens (tertiary/aromatic N) is 3. The van der Waals surface area contributed by atoms with Gasteiger partial charge in [-0.25, -0.2) is 4.98 Å². The van der Waals surface area contributed by atoms with Crippen LogP contribution in [0.3, 0.4) is 0 Å². The molecule has 0 spiro atoms. The van der Waals surface area contributed by atoms with Crippen LogP contribution in [0.1, 0.15) is 0 Å². The highest BCUT2D eigenvalue weighted by Crippen LogP contribution is 2.42. The molecule has 0 N–H and O–H groups in total. The van der Waals surface area contributed by atoms with E-state index in [0.29, 0.717) is 0 Å². The minimum absolute atomic E-state index is 0.994. The third-order valence-corrected chi connectivity index (χ3v) is 10.7. The lowest BCUT2D eigenvalue weighted by Gasteiger charge is -2.15. The summed E-state index contributed by atoms with van der Waals surface area (Å²) in [6, 6.07) is 67.8. The van der Waals surface area contributed by atoms with Crippen LogP contribution in [0.4, 0.5) is 0 Å². The van der Waals surface area contributed by atoms with Crippen molar-refractivity contribution in [3.8, 4) is 33.8 Å². The number of fused-ring (bicyclic) bond motifs is 10. The summed E-state index contributed by atoms with van der Waals surface area (Å²) < 4.78 is 4.86. The van der Waals surface area contributed by atoms with Gasteiger partial charge in [0.1, 0.15) is 0 Å². The maximum absolute atomic E-state index is 5.25. The van der Waals surface area contributed by atoms with Gasteiger partial charge in [0.2, 0.25) is 0 Å². The Balaban J connectivity index is 1.17. The van der Waals surface area contributed by atoms with Crippen molar-refractivity contribution < 1.29 is 0 Å². The Labute approximate surface area is 300 Å². The van der Waals surface area contributed by atoms with Crippen LogP contribution in [0, 0.1) is 0 Å². The molecule has 52 heavy (non-hydrogen) atoms. The van der Waals surface area contributed by atoms with Crippen LogP contribution in [0.15, 0.2) is 188 Å². The molecule has 11 rings (SSSR count). The Morgan fingerprint density at radius 3 is 1.46 bits per heavy atom. The molecule has 8 aromatic carbocycles. The average molecular weight is 662 g/mol. The van der Waals surface area contributed by atoms with E-state index < -0.39 is 0 Å². The first-order chi connectivity index (χ1) is 25.8. The van der Waals surface area contributed by atoms with Crippen LogP contribution in [0.2, 0.25) is 0 Å². The molecule has 0 aliphatic rings. The molecule has 242 valence electrons. The first-order valence-electron chi connectivity index (χ1n) is 17.8. The smallest absolute Gasteiger partial charge is 0.0788 e. The zero-order chi connectivity index (χ0) is 34.2. The quantitative estimate of drug-likeness (QED) is 0.172. The summed E-state index contributed by atoms with van der Waals surface area (Å²) in [6.45, 7) is 0. The van der Waals surface area contributed by atoms with Crippen LogP contribution in [-0.4, -0.2) is 14.1 Å². The highest BCUT2D eigenvalue weighted by molar-refractivity contribution is 6.27. The van der Waals surface area contributed by atoms with Gasteiger partial charge < -0.3 is 9.13 Å². The molecule has 0 fully saturated rings. The fourth-order valence-electron chi connectivity index (χ4n) is 8.42. The van der Waals surface area contributed by atoms with Gasteiger partial charge in [0, 0.05) is 54.6 Å². The second-order valence-electron chi connectivity index (χ2n) is 13.6. The van der Waals surface area contributed by atoms with E-state index in [-0.39, 0.29) is 0 Å². The van der Waals surface area contributed by atoms with Crippen molar-refractivity contribution in [2.24, 2.45) is 0 Å². The fraction of sp³-hybridized carbons (Fsp3) is 0. The summed E-state index contributed by atoms with van der Waals surface area (Å²) in [7, 11) is 0. The minimum atomic E-state index is 0.994. The Hall–Kier alpha value is -6.97. The number of hydrogen-bond acceptors (Lipinski definition) is 1. The highest BCUT2D eigenvalue weighted by Gasteiger charge is 2.20. The van der Waals surface area contributed by atoms with Gasteiger partial charge in [0.25, 0.3) is 0 Å². The Morgan fingerprint density at radius 1 is 0.327 bits per heavy atom. The molecule has 3 heteroatoms. The zero-order valence-electron chi connectivity index (χ0n) is 28.2. The van der Waals surface area contributed by atoms with E-state index in [4.69, 9.17) is 4.98 Å². The first kappa shape index (κ1) is 28.8. The standard InChI is InChI=1S/C49H31N3/c1-2-14-32(15-3-1)48-42-29-28-40-39-22-7-11-27-46(39)52(49(40)47(42)41-23-4-8-24-43(41)50-48)36-19-13-17-34(31-36)33-16-12-18-35(30-33)51-44-25-9-5-20-37(44)38-21-6-10-26-45(38)51/h1-31H. The van der Waals surface area contributed by atoms with Crippen molar-refractivity contribution in [1.82, 2.24) is 14.1 Å². The number of aromatic nitrogens is 3. The monoisotopic (exact) mass is 661 g/mol. The van der Waals surface area contributed by atoms with Crippen molar-refractivity contribution >= 4 is 65.3 Å². The lowest BCUT2D eigenvalue weighted by Crippen LogP contribution is -1.97. The zero-order valence-corrected chi connectivity index (χ0v) is 28.2. The SMILES string of the molecule is c1ccc(-c2nc3ccccc3c3c2ccc2c4ccccc4n(-c4cccc(-c5cccc(-n6c7ccccc7c7ccccc76)c5)c4)c23)cc1. The van der Waals surface area contributed by atoms with Gasteiger partial charge in [-0.05, 0) is 59.7 Å². The van der Waals surface area contributed by atoms with E-state index in [0.717, 1.165) is 38.9 Å². The van der Waals surface area contributed by atoms with Crippen LogP contribution < -0.4 is 0 Å². The Kier molecular flexibility index (Phi) is 6.25. The van der Waals surface area contributed by atoms with Crippen LogP contribution >= 0.6 is 0 Å². The number of para-hydroxylation sites is 4. The molecule has 3 aromatic heterocycles. The summed E-state index contributed by atoms with van der Waals surface area (Å²) in [4.78, 5) is 5.25. The molecule has 0 aliphatic carbocycles. The number of rotatable bonds is 4. The third-order valence-electron chi connectivity index (χ3n) is 10.7. The second kappa shape index (κ2) is 11.3.